The standard InChI is InChI=1S/C29H30Cl2N8O4/c1-43-29(42)33-21-8-4-18(5-9-21)26-27(31)36-28(35-26)23(14-17-2-10-22(40)11-3-17)34-25(41)13-6-19-15-20(30)7-12-24(19)39-16-32-37-38-39/h4-9,12-13,15-17,22-23,40H,2-3,10-11,14H2,1H3,(H,33,42)(H,34,41)(H,35,36)/t17?,22?,23-/m0/s1. The molecule has 14 heteroatoms. The molecule has 1 saturated carbocycles. The number of carbonyl (C=O) groups excluding carboxylic acids is 2. The summed E-state index contributed by atoms with van der Waals surface area (Å²) in [6, 6.07) is 11.7. The lowest BCUT2D eigenvalue weighted by atomic mass is 9.83. The summed E-state index contributed by atoms with van der Waals surface area (Å²) in [5.74, 6) is 0.464. The summed E-state index contributed by atoms with van der Waals surface area (Å²) in [5.41, 5.74) is 3.11. The molecule has 5 rings (SSSR count). The molecule has 0 aliphatic heterocycles. The third-order valence-corrected chi connectivity index (χ3v) is 7.81. The minimum Gasteiger partial charge on any atom is -0.453 e. The number of imidazole rings is 1. The third-order valence-electron chi connectivity index (χ3n) is 7.30. The number of hydrogen-bond acceptors (Lipinski definition) is 8. The molecule has 2 aromatic carbocycles. The number of nitrogens with one attached hydrogen (secondary N) is 3. The molecule has 12 nitrogen and oxygen atoms in total. The van der Waals surface area contributed by atoms with Gasteiger partial charge in [0.1, 0.15) is 23.0 Å². The van der Waals surface area contributed by atoms with Crippen LogP contribution in [0.1, 0.15) is 49.5 Å². The van der Waals surface area contributed by atoms with E-state index in [1.54, 1.807) is 48.5 Å². The fraction of sp³-hybridized carbons (Fsp3) is 0.310. The van der Waals surface area contributed by atoms with Gasteiger partial charge >= 0.3 is 6.09 Å². The van der Waals surface area contributed by atoms with Gasteiger partial charge < -0.3 is 20.1 Å². The van der Waals surface area contributed by atoms with Crippen molar-refractivity contribution >= 4 is 47.0 Å². The van der Waals surface area contributed by atoms with Gasteiger partial charge in [0.15, 0.2) is 0 Å². The summed E-state index contributed by atoms with van der Waals surface area (Å²) < 4.78 is 6.12. The lowest BCUT2D eigenvalue weighted by Gasteiger charge is -2.28. The molecule has 4 aromatic rings. The van der Waals surface area contributed by atoms with Crippen LogP contribution < -0.4 is 10.6 Å². The molecular formula is C29H30Cl2N8O4. The fourth-order valence-electron chi connectivity index (χ4n) is 5.08. The van der Waals surface area contributed by atoms with Crippen LogP contribution in [0.25, 0.3) is 23.0 Å². The quantitative estimate of drug-likeness (QED) is 0.181. The molecule has 2 aromatic heterocycles. The highest BCUT2D eigenvalue weighted by molar-refractivity contribution is 6.32. The Bertz CT molecular complexity index is 1580. The first-order chi connectivity index (χ1) is 20.8. The molecule has 1 atom stereocenters. The number of rotatable bonds is 9. The number of methoxy groups -OCH3 is 1. The molecule has 0 saturated heterocycles. The van der Waals surface area contributed by atoms with Crippen molar-refractivity contribution in [1.29, 1.82) is 0 Å². The van der Waals surface area contributed by atoms with Crippen molar-refractivity contribution in [3.05, 3.63) is 76.4 Å². The molecule has 1 aliphatic rings. The highest BCUT2D eigenvalue weighted by atomic mass is 35.5. The van der Waals surface area contributed by atoms with Crippen molar-refractivity contribution in [3.8, 4) is 16.9 Å². The minimum atomic E-state index is -0.572. The Labute approximate surface area is 257 Å². The van der Waals surface area contributed by atoms with Crippen molar-refractivity contribution in [3.63, 3.8) is 0 Å². The molecule has 0 radical (unpaired) electrons. The van der Waals surface area contributed by atoms with Crippen LogP contribution in [0.15, 0.2) is 54.9 Å². The Morgan fingerprint density at radius 2 is 1.93 bits per heavy atom. The second-order valence-electron chi connectivity index (χ2n) is 10.2. The number of tetrazole rings is 1. The number of amides is 2. The molecule has 0 unspecified atom stereocenters. The number of aliphatic hydroxyl groups is 1. The van der Waals surface area contributed by atoms with E-state index in [4.69, 9.17) is 28.2 Å². The highest BCUT2D eigenvalue weighted by Gasteiger charge is 2.27. The van der Waals surface area contributed by atoms with E-state index in [0.717, 1.165) is 31.2 Å². The summed E-state index contributed by atoms with van der Waals surface area (Å²) in [6.45, 7) is 0. The van der Waals surface area contributed by atoms with Crippen molar-refractivity contribution < 1.29 is 19.4 Å². The number of nitrogens with zero attached hydrogens (tertiary/aromatic N) is 5. The van der Waals surface area contributed by atoms with Gasteiger partial charge in [0.2, 0.25) is 5.91 Å². The van der Waals surface area contributed by atoms with Crippen LogP contribution in [0.4, 0.5) is 10.5 Å². The molecule has 43 heavy (non-hydrogen) atoms. The predicted octanol–water partition coefficient (Wildman–Crippen LogP) is 5.35. The van der Waals surface area contributed by atoms with Gasteiger partial charge in [-0.2, -0.15) is 4.68 Å². The number of hydrogen-bond donors (Lipinski definition) is 4. The second-order valence-corrected chi connectivity index (χ2v) is 11.1. The zero-order chi connectivity index (χ0) is 30.3. The Balaban J connectivity index is 1.37. The predicted molar refractivity (Wildman–Crippen MR) is 162 cm³/mol. The maximum absolute atomic E-state index is 13.3. The fourth-order valence-corrected chi connectivity index (χ4v) is 5.51. The van der Waals surface area contributed by atoms with E-state index in [-0.39, 0.29) is 17.9 Å². The van der Waals surface area contributed by atoms with Crippen molar-refractivity contribution in [2.45, 2.75) is 44.2 Å². The van der Waals surface area contributed by atoms with Gasteiger partial charge in [-0.25, -0.2) is 9.78 Å². The van der Waals surface area contributed by atoms with Gasteiger partial charge in [-0.1, -0.05) is 35.3 Å². The van der Waals surface area contributed by atoms with Crippen LogP contribution in [-0.4, -0.2) is 60.5 Å². The Morgan fingerprint density at radius 1 is 1.16 bits per heavy atom. The van der Waals surface area contributed by atoms with E-state index in [0.29, 0.717) is 45.1 Å². The number of H-pyrrole nitrogens is 1. The van der Waals surface area contributed by atoms with E-state index in [2.05, 4.69) is 35.9 Å². The zero-order valence-corrected chi connectivity index (χ0v) is 24.7. The molecule has 2 heterocycles. The van der Waals surface area contributed by atoms with Crippen LogP contribution in [0.5, 0.6) is 0 Å². The number of anilines is 1. The van der Waals surface area contributed by atoms with Crippen molar-refractivity contribution in [1.82, 2.24) is 35.5 Å². The first-order valence-corrected chi connectivity index (χ1v) is 14.4. The molecular weight excluding hydrogens is 595 g/mol. The van der Waals surface area contributed by atoms with Gasteiger partial charge in [-0.15, -0.1) is 5.10 Å². The Morgan fingerprint density at radius 3 is 2.63 bits per heavy atom. The lowest BCUT2D eigenvalue weighted by Crippen LogP contribution is -2.31. The first kappa shape index (κ1) is 30.2. The van der Waals surface area contributed by atoms with Crippen LogP contribution in [0.3, 0.4) is 0 Å². The number of halogens is 2. The molecule has 2 amide bonds. The van der Waals surface area contributed by atoms with Crippen molar-refractivity contribution in [2.24, 2.45) is 5.92 Å². The molecule has 224 valence electrons. The lowest BCUT2D eigenvalue weighted by molar-refractivity contribution is -0.117. The topological polar surface area (TPSA) is 160 Å². The summed E-state index contributed by atoms with van der Waals surface area (Å²) in [5, 5.41) is 27.8. The van der Waals surface area contributed by atoms with Crippen LogP contribution in [-0.2, 0) is 9.53 Å². The monoisotopic (exact) mass is 624 g/mol. The van der Waals surface area contributed by atoms with E-state index < -0.39 is 12.1 Å². The van der Waals surface area contributed by atoms with Crippen LogP contribution in [0, 0.1) is 5.92 Å². The third kappa shape index (κ3) is 7.78. The maximum Gasteiger partial charge on any atom is 0.411 e. The highest BCUT2D eigenvalue weighted by Crippen LogP contribution is 2.34. The molecule has 0 bridgehead atoms. The van der Waals surface area contributed by atoms with E-state index in [1.165, 1.54) is 24.2 Å². The SMILES string of the molecule is COC(=O)Nc1ccc(-c2nc([C@H](CC3CCC(O)CC3)NC(=O)C=Cc3cc(Cl)ccc3-n3cnnn3)[nH]c2Cl)cc1. The van der Waals surface area contributed by atoms with E-state index in [9.17, 15) is 14.7 Å². The molecule has 4 N–H and O–H groups in total. The summed E-state index contributed by atoms with van der Waals surface area (Å²) in [7, 11) is 1.29. The summed E-state index contributed by atoms with van der Waals surface area (Å²) >= 11 is 12.8. The van der Waals surface area contributed by atoms with Crippen LogP contribution in [0.2, 0.25) is 10.2 Å². The normalized spacial score (nSPS) is 17.5. The summed E-state index contributed by atoms with van der Waals surface area (Å²) in [6.07, 6.45) is 7.41. The number of aromatic nitrogens is 6. The van der Waals surface area contributed by atoms with E-state index >= 15 is 0 Å². The Hall–Kier alpha value is -4.26. The van der Waals surface area contributed by atoms with Gasteiger partial charge in [-0.3, -0.25) is 10.1 Å². The van der Waals surface area contributed by atoms with Crippen LogP contribution >= 0.6 is 23.2 Å². The molecule has 1 aliphatic carbocycles. The number of carbonyl (C=O) groups is 2. The minimum absolute atomic E-state index is 0.285. The number of aromatic amines is 1. The number of benzene rings is 2. The zero-order valence-electron chi connectivity index (χ0n) is 23.2. The van der Waals surface area contributed by atoms with Gasteiger partial charge in [0, 0.05) is 27.9 Å². The second kappa shape index (κ2) is 13.8. The molecule has 0 spiro atoms. The number of aliphatic hydroxyl groups excluding tert-OH is 1. The molecule has 1 fully saturated rings. The smallest absolute Gasteiger partial charge is 0.411 e. The van der Waals surface area contributed by atoms with Gasteiger partial charge in [0.25, 0.3) is 0 Å². The van der Waals surface area contributed by atoms with Gasteiger partial charge in [-0.05, 0) is 84.9 Å². The van der Waals surface area contributed by atoms with Crippen molar-refractivity contribution in [2.75, 3.05) is 12.4 Å². The summed E-state index contributed by atoms with van der Waals surface area (Å²) in [4.78, 5) is 32.7. The first-order valence-electron chi connectivity index (χ1n) is 13.7. The van der Waals surface area contributed by atoms with E-state index in [1.807, 2.05) is 0 Å². The van der Waals surface area contributed by atoms with Gasteiger partial charge in [0.05, 0.1) is 24.9 Å². The average molecular weight is 626 g/mol. The average Bonchev–Trinajstić information content (AvgIpc) is 3.68. The largest absolute Gasteiger partial charge is 0.453 e. The number of ether oxygens (including phenoxy) is 1. The Kier molecular flexibility index (Phi) is 9.70. The maximum atomic E-state index is 13.3.